The van der Waals surface area contributed by atoms with Gasteiger partial charge < -0.3 is 5.32 Å². The van der Waals surface area contributed by atoms with Crippen molar-refractivity contribution in [3.63, 3.8) is 0 Å². The number of piperidine rings is 1. The van der Waals surface area contributed by atoms with E-state index < -0.39 is 0 Å². The number of nitrogens with one attached hydrogen (secondary N) is 1. The minimum Gasteiger partial charge on any atom is -0.316 e. The van der Waals surface area contributed by atoms with Crippen LogP contribution in [0.5, 0.6) is 0 Å². The van der Waals surface area contributed by atoms with Gasteiger partial charge in [0.25, 0.3) is 0 Å². The molecule has 0 aliphatic carbocycles. The Balaban J connectivity index is 2.24. The Morgan fingerprint density at radius 3 is 2.73 bits per heavy atom. The van der Waals surface area contributed by atoms with Gasteiger partial charge in [-0.15, -0.1) is 0 Å². The molecule has 1 heterocycles. The first kappa shape index (κ1) is 11.6. The molecule has 1 aromatic carbocycles. The smallest absolute Gasteiger partial charge is 0.0320 e. The van der Waals surface area contributed by atoms with Crippen LogP contribution in [0.4, 0.5) is 0 Å². The molecule has 0 bridgehead atoms. The summed E-state index contributed by atoms with van der Waals surface area (Å²) in [6.45, 7) is 4.60. The van der Waals surface area contributed by atoms with Gasteiger partial charge in [-0.25, -0.2) is 0 Å². The Labute approximate surface area is 108 Å². The minimum atomic E-state index is 0.704. The SMILES string of the molecule is CC1CNCCC1c1ccc(Br)c(Br)c1. The van der Waals surface area contributed by atoms with Crippen LogP contribution in [0.3, 0.4) is 0 Å². The van der Waals surface area contributed by atoms with E-state index in [1.165, 1.54) is 12.0 Å². The lowest BCUT2D eigenvalue weighted by Crippen LogP contribution is -2.33. The first-order valence-electron chi connectivity index (χ1n) is 5.34. The number of hydrogen-bond donors (Lipinski definition) is 1. The second-order valence-corrected chi connectivity index (χ2v) is 5.96. The summed E-state index contributed by atoms with van der Waals surface area (Å²) >= 11 is 7.08. The highest BCUT2D eigenvalue weighted by atomic mass is 79.9. The first-order valence-corrected chi connectivity index (χ1v) is 6.92. The summed E-state index contributed by atoms with van der Waals surface area (Å²) < 4.78 is 2.29. The second kappa shape index (κ2) is 4.98. The van der Waals surface area contributed by atoms with E-state index in [4.69, 9.17) is 0 Å². The first-order chi connectivity index (χ1) is 7.18. The molecule has 2 rings (SSSR count). The van der Waals surface area contributed by atoms with Gasteiger partial charge in [0, 0.05) is 8.95 Å². The minimum absolute atomic E-state index is 0.704. The quantitative estimate of drug-likeness (QED) is 0.821. The van der Waals surface area contributed by atoms with Gasteiger partial charge in [-0.05, 0) is 80.9 Å². The van der Waals surface area contributed by atoms with E-state index in [2.05, 4.69) is 62.3 Å². The number of hydrogen-bond acceptors (Lipinski definition) is 1. The lowest BCUT2D eigenvalue weighted by Gasteiger charge is -2.30. The molecule has 1 nitrogen and oxygen atoms in total. The third kappa shape index (κ3) is 2.63. The van der Waals surface area contributed by atoms with Gasteiger partial charge in [0.1, 0.15) is 0 Å². The zero-order valence-electron chi connectivity index (χ0n) is 8.76. The van der Waals surface area contributed by atoms with Crippen LogP contribution in [0, 0.1) is 5.92 Å². The summed E-state index contributed by atoms with van der Waals surface area (Å²) in [5.74, 6) is 1.43. The van der Waals surface area contributed by atoms with Crippen molar-refractivity contribution in [2.24, 2.45) is 5.92 Å². The summed E-state index contributed by atoms with van der Waals surface area (Å²) in [7, 11) is 0. The molecule has 0 amide bonds. The van der Waals surface area contributed by atoms with E-state index in [0.29, 0.717) is 5.92 Å². The molecular formula is C12H15Br2N. The van der Waals surface area contributed by atoms with Crippen molar-refractivity contribution in [1.82, 2.24) is 5.32 Å². The molecular weight excluding hydrogens is 318 g/mol. The third-order valence-electron chi connectivity index (χ3n) is 3.16. The normalized spacial score (nSPS) is 26.6. The Morgan fingerprint density at radius 2 is 2.07 bits per heavy atom. The molecule has 0 spiro atoms. The van der Waals surface area contributed by atoms with Crippen LogP contribution in [0.1, 0.15) is 24.8 Å². The van der Waals surface area contributed by atoms with Gasteiger partial charge in [0.05, 0.1) is 0 Å². The van der Waals surface area contributed by atoms with Crippen LogP contribution in [0.15, 0.2) is 27.1 Å². The van der Waals surface area contributed by atoms with Gasteiger partial charge >= 0.3 is 0 Å². The average Bonchev–Trinajstić information content (AvgIpc) is 2.23. The lowest BCUT2D eigenvalue weighted by molar-refractivity contribution is 0.349. The molecule has 1 N–H and O–H groups in total. The predicted octanol–water partition coefficient (Wildman–Crippen LogP) is 3.92. The molecule has 2 atom stereocenters. The van der Waals surface area contributed by atoms with Crippen LogP contribution in [0.25, 0.3) is 0 Å². The fourth-order valence-corrected chi connectivity index (χ4v) is 2.90. The fraction of sp³-hybridized carbons (Fsp3) is 0.500. The van der Waals surface area contributed by atoms with Crippen molar-refractivity contribution < 1.29 is 0 Å². The summed E-state index contributed by atoms with van der Waals surface area (Å²) in [5, 5.41) is 3.44. The molecule has 1 aliphatic heterocycles. The molecule has 1 saturated heterocycles. The average molecular weight is 333 g/mol. The van der Waals surface area contributed by atoms with Crippen molar-refractivity contribution >= 4 is 31.9 Å². The van der Waals surface area contributed by atoms with E-state index in [1.54, 1.807) is 0 Å². The zero-order valence-corrected chi connectivity index (χ0v) is 11.9. The highest BCUT2D eigenvalue weighted by Crippen LogP contribution is 2.33. The molecule has 1 fully saturated rings. The zero-order chi connectivity index (χ0) is 10.8. The molecule has 0 radical (unpaired) electrons. The highest BCUT2D eigenvalue weighted by Gasteiger charge is 2.22. The summed E-state index contributed by atoms with van der Waals surface area (Å²) in [6.07, 6.45) is 1.25. The van der Waals surface area contributed by atoms with Gasteiger partial charge in [-0.3, -0.25) is 0 Å². The maximum Gasteiger partial charge on any atom is 0.0320 e. The Morgan fingerprint density at radius 1 is 1.27 bits per heavy atom. The van der Waals surface area contributed by atoms with Gasteiger partial charge in [-0.1, -0.05) is 13.0 Å². The maximum absolute atomic E-state index is 3.57. The Kier molecular flexibility index (Phi) is 3.86. The molecule has 3 heteroatoms. The number of halogens is 2. The van der Waals surface area contributed by atoms with E-state index in [-0.39, 0.29) is 0 Å². The summed E-state index contributed by atoms with van der Waals surface area (Å²) in [6, 6.07) is 6.62. The van der Waals surface area contributed by atoms with Crippen molar-refractivity contribution in [3.05, 3.63) is 32.7 Å². The fourth-order valence-electron chi connectivity index (χ4n) is 2.25. The van der Waals surface area contributed by atoms with Gasteiger partial charge in [0.2, 0.25) is 0 Å². The van der Waals surface area contributed by atoms with Gasteiger partial charge in [-0.2, -0.15) is 0 Å². The number of benzene rings is 1. The predicted molar refractivity (Wildman–Crippen MR) is 71.2 cm³/mol. The van der Waals surface area contributed by atoms with Crippen molar-refractivity contribution in [2.75, 3.05) is 13.1 Å². The van der Waals surface area contributed by atoms with Gasteiger partial charge in [0.15, 0.2) is 0 Å². The molecule has 82 valence electrons. The van der Waals surface area contributed by atoms with Crippen LogP contribution < -0.4 is 5.32 Å². The largest absolute Gasteiger partial charge is 0.316 e. The van der Waals surface area contributed by atoms with Crippen LogP contribution in [-0.2, 0) is 0 Å². The van der Waals surface area contributed by atoms with Crippen molar-refractivity contribution in [1.29, 1.82) is 0 Å². The highest BCUT2D eigenvalue weighted by molar-refractivity contribution is 9.13. The van der Waals surface area contributed by atoms with E-state index in [0.717, 1.165) is 28.0 Å². The summed E-state index contributed by atoms with van der Waals surface area (Å²) in [5.41, 5.74) is 1.46. The monoisotopic (exact) mass is 331 g/mol. The summed E-state index contributed by atoms with van der Waals surface area (Å²) in [4.78, 5) is 0. The van der Waals surface area contributed by atoms with Crippen LogP contribution in [0.2, 0.25) is 0 Å². The standard InChI is InChI=1S/C12H15Br2N/c1-8-7-15-5-4-10(8)9-2-3-11(13)12(14)6-9/h2-3,6,8,10,15H,4-5,7H2,1H3. The molecule has 1 aromatic rings. The topological polar surface area (TPSA) is 12.0 Å². The third-order valence-corrected chi connectivity index (χ3v) is 5.04. The molecule has 0 saturated carbocycles. The molecule has 0 aromatic heterocycles. The van der Waals surface area contributed by atoms with E-state index >= 15 is 0 Å². The molecule has 2 unspecified atom stereocenters. The van der Waals surface area contributed by atoms with E-state index in [1.807, 2.05) is 0 Å². The Hall–Kier alpha value is 0.140. The van der Waals surface area contributed by atoms with Crippen molar-refractivity contribution in [2.45, 2.75) is 19.3 Å². The van der Waals surface area contributed by atoms with E-state index in [9.17, 15) is 0 Å². The van der Waals surface area contributed by atoms with Crippen molar-refractivity contribution in [3.8, 4) is 0 Å². The van der Waals surface area contributed by atoms with Crippen LogP contribution >= 0.6 is 31.9 Å². The molecule has 15 heavy (non-hydrogen) atoms. The number of rotatable bonds is 1. The maximum atomic E-state index is 3.57. The molecule has 1 aliphatic rings. The lowest BCUT2D eigenvalue weighted by atomic mass is 9.82. The second-order valence-electron chi connectivity index (χ2n) is 4.25. The Bertz CT molecular complexity index is 351. The van der Waals surface area contributed by atoms with Crippen LogP contribution in [-0.4, -0.2) is 13.1 Å².